The molecule has 1 heterocycles. The Kier molecular flexibility index (Phi) is 5.77. The number of methoxy groups -OCH3 is 1. The molecule has 0 aliphatic rings. The van der Waals surface area contributed by atoms with Gasteiger partial charge in [-0.15, -0.1) is 0 Å². The molecule has 1 aromatic rings. The Morgan fingerprint density at radius 1 is 1.38 bits per heavy atom. The largest absolute Gasteiger partial charge is 0.475 e. The van der Waals surface area contributed by atoms with Crippen molar-refractivity contribution in [1.82, 2.24) is 10.2 Å². The summed E-state index contributed by atoms with van der Waals surface area (Å²) in [5.41, 5.74) is 0. The van der Waals surface area contributed by atoms with E-state index >= 15 is 0 Å². The lowest BCUT2D eigenvalue weighted by Gasteiger charge is -2.25. The number of carbonyl (C=O) groups excluding carboxylic acids is 2. The van der Waals surface area contributed by atoms with Gasteiger partial charge in [0.05, 0.1) is 13.7 Å². The number of urea groups is 1. The maximum absolute atomic E-state index is 12.0. The molecule has 8 heteroatoms. The predicted molar refractivity (Wildman–Crippen MR) is 71.8 cm³/mol. The SMILES string of the molecule is COC(=O)CN(C(=O)NCc1ccc(C(=O)O)o1)C(C)C. The fourth-order valence-electron chi connectivity index (χ4n) is 1.54. The molecule has 1 rings (SSSR count). The predicted octanol–water partition coefficient (Wildman–Crippen LogP) is 1.07. The molecule has 0 radical (unpaired) electrons. The molecule has 0 bridgehead atoms. The van der Waals surface area contributed by atoms with Crippen molar-refractivity contribution >= 4 is 18.0 Å². The van der Waals surface area contributed by atoms with E-state index in [-0.39, 0.29) is 24.9 Å². The Morgan fingerprint density at radius 3 is 2.52 bits per heavy atom. The van der Waals surface area contributed by atoms with Crippen molar-refractivity contribution in [3.63, 3.8) is 0 Å². The van der Waals surface area contributed by atoms with E-state index in [1.807, 2.05) is 0 Å². The fourth-order valence-corrected chi connectivity index (χ4v) is 1.54. The maximum Gasteiger partial charge on any atom is 0.371 e. The van der Waals surface area contributed by atoms with E-state index in [1.54, 1.807) is 13.8 Å². The normalized spacial score (nSPS) is 10.3. The average Bonchev–Trinajstić information content (AvgIpc) is 2.90. The van der Waals surface area contributed by atoms with Crippen molar-refractivity contribution in [2.45, 2.75) is 26.4 Å². The zero-order valence-electron chi connectivity index (χ0n) is 12.1. The van der Waals surface area contributed by atoms with Crippen LogP contribution in [0.4, 0.5) is 4.79 Å². The first-order valence-electron chi connectivity index (χ1n) is 6.28. The number of aromatic carboxylic acids is 1. The van der Waals surface area contributed by atoms with Crippen LogP contribution in [-0.2, 0) is 16.1 Å². The number of carbonyl (C=O) groups is 3. The van der Waals surface area contributed by atoms with Gasteiger partial charge in [-0.05, 0) is 26.0 Å². The molecule has 0 aromatic carbocycles. The molecular formula is C13H18N2O6. The summed E-state index contributed by atoms with van der Waals surface area (Å²) in [6.45, 7) is 3.38. The Bertz CT molecular complexity index is 522. The van der Waals surface area contributed by atoms with E-state index < -0.39 is 18.0 Å². The number of esters is 1. The highest BCUT2D eigenvalue weighted by molar-refractivity contribution is 5.84. The number of furan rings is 1. The second-order valence-electron chi connectivity index (χ2n) is 4.53. The summed E-state index contributed by atoms with van der Waals surface area (Å²) in [5.74, 6) is -1.59. The highest BCUT2D eigenvalue weighted by Gasteiger charge is 2.20. The molecule has 0 atom stereocenters. The first-order valence-corrected chi connectivity index (χ1v) is 6.28. The van der Waals surface area contributed by atoms with Crippen molar-refractivity contribution in [2.24, 2.45) is 0 Å². The molecule has 0 saturated carbocycles. The third-order valence-corrected chi connectivity index (χ3v) is 2.70. The van der Waals surface area contributed by atoms with E-state index in [0.717, 1.165) is 0 Å². The summed E-state index contributed by atoms with van der Waals surface area (Å²) in [6.07, 6.45) is 0. The Labute approximate surface area is 121 Å². The zero-order valence-corrected chi connectivity index (χ0v) is 12.1. The van der Waals surface area contributed by atoms with Crippen LogP contribution < -0.4 is 5.32 Å². The molecule has 116 valence electrons. The van der Waals surface area contributed by atoms with E-state index in [9.17, 15) is 14.4 Å². The standard InChI is InChI=1S/C13H18N2O6/c1-8(2)15(7-11(16)20-3)13(19)14-6-9-4-5-10(21-9)12(17)18/h4-5,8H,6-7H2,1-3H3,(H,14,19)(H,17,18). The monoisotopic (exact) mass is 298 g/mol. The Hall–Kier alpha value is -2.51. The molecule has 0 aliphatic heterocycles. The Morgan fingerprint density at radius 2 is 2.05 bits per heavy atom. The van der Waals surface area contributed by atoms with Crippen molar-refractivity contribution in [3.05, 3.63) is 23.7 Å². The highest BCUT2D eigenvalue weighted by atomic mass is 16.5. The molecule has 0 aliphatic carbocycles. The topological polar surface area (TPSA) is 109 Å². The lowest BCUT2D eigenvalue weighted by atomic mass is 10.3. The van der Waals surface area contributed by atoms with Gasteiger partial charge in [0.25, 0.3) is 0 Å². The second-order valence-corrected chi connectivity index (χ2v) is 4.53. The van der Waals surface area contributed by atoms with Crippen LogP contribution in [0.15, 0.2) is 16.5 Å². The fraction of sp³-hybridized carbons (Fsp3) is 0.462. The van der Waals surface area contributed by atoms with Crippen LogP contribution in [0.25, 0.3) is 0 Å². The molecule has 0 fully saturated rings. The van der Waals surface area contributed by atoms with E-state index in [2.05, 4.69) is 10.1 Å². The highest BCUT2D eigenvalue weighted by Crippen LogP contribution is 2.08. The first-order chi connectivity index (χ1) is 9.85. The van der Waals surface area contributed by atoms with Crippen LogP contribution in [0.2, 0.25) is 0 Å². The van der Waals surface area contributed by atoms with E-state index in [0.29, 0.717) is 5.76 Å². The van der Waals surface area contributed by atoms with Gasteiger partial charge < -0.3 is 24.5 Å². The lowest BCUT2D eigenvalue weighted by Crippen LogP contribution is -2.46. The van der Waals surface area contributed by atoms with Crippen LogP contribution in [0, 0.1) is 0 Å². The molecular weight excluding hydrogens is 280 g/mol. The minimum atomic E-state index is -1.18. The Balaban J connectivity index is 2.60. The quantitative estimate of drug-likeness (QED) is 0.760. The van der Waals surface area contributed by atoms with Gasteiger partial charge in [-0.1, -0.05) is 0 Å². The van der Waals surface area contributed by atoms with E-state index in [1.165, 1.54) is 24.1 Å². The third-order valence-electron chi connectivity index (χ3n) is 2.70. The van der Waals surface area contributed by atoms with Gasteiger partial charge in [-0.25, -0.2) is 9.59 Å². The number of ether oxygens (including phenoxy) is 1. The van der Waals surface area contributed by atoms with Crippen molar-refractivity contribution < 1.29 is 28.6 Å². The average molecular weight is 298 g/mol. The minimum Gasteiger partial charge on any atom is -0.475 e. The summed E-state index contributed by atoms with van der Waals surface area (Å²) < 4.78 is 9.54. The zero-order chi connectivity index (χ0) is 16.0. The maximum atomic E-state index is 12.0. The molecule has 21 heavy (non-hydrogen) atoms. The molecule has 2 N–H and O–H groups in total. The first kappa shape index (κ1) is 16.5. The number of rotatable bonds is 6. The number of nitrogens with one attached hydrogen (secondary N) is 1. The lowest BCUT2D eigenvalue weighted by molar-refractivity contribution is -0.141. The van der Waals surface area contributed by atoms with Crippen LogP contribution >= 0.6 is 0 Å². The van der Waals surface area contributed by atoms with E-state index in [4.69, 9.17) is 9.52 Å². The smallest absolute Gasteiger partial charge is 0.371 e. The van der Waals surface area contributed by atoms with Gasteiger partial charge >= 0.3 is 18.0 Å². The number of carboxylic acid groups (broad SMARTS) is 1. The molecule has 0 spiro atoms. The molecule has 0 unspecified atom stereocenters. The van der Waals surface area contributed by atoms with Crippen LogP contribution in [0.1, 0.15) is 30.2 Å². The molecule has 8 nitrogen and oxygen atoms in total. The number of hydrogen-bond acceptors (Lipinski definition) is 5. The second kappa shape index (κ2) is 7.32. The number of amides is 2. The van der Waals surface area contributed by atoms with Crippen LogP contribution in [0.5, 0.6) is 0 Å². The summed E-state index contributed by atoms with van der Waals surface area (Å²) in [4.78, 5) is 35.2. The number of hydrogen-bond donors (Lipinski definition) is 2. The van der Waals surface area contributed by atoms with Gasteiger partial charge in [0.15, 0.2) is 0 Å². The molecule has 0 saturated heterocycles. The molecule has 1 aromatic heterocycles. The van der Waals surface area contributed by atoms with Gasteiger partial charge in [0.1, 0.15) is 12.3 Å². The van der Waals surface area contributed by atoms with Gasteiger partial charge in [0, 0.05) is 6.04 Å². The molecule has 2 amide bonds. The van der Waals surface area contributed by atoms with Crippen LogP contribution in [-0.4, -0.2) is 47.7 Å². The van der Waals surface area contributed by atoms with Crippen molar-refractivity contribution in [1.29, 1.82) is 0 Å². The van der Waals surface area contributed by atoms with Gasteiger partial charge in [-0.3, -0.25) is 4.79 Å². The van der Waals surface area contributed by atoms with Gasteiger partial charge in [0.2, 0.25) is 5.76 Å². The van der Waals surface area contributed by atoms with Crippen molar-refractivity contribution in [3.8, 4) is 0 Å². The summed E-state index contributed by atoms with van der Waals surface area (Å²) in [5, 5.41) is 11.3. The number of carboxylic acids is 1. The summed E-state index contributed by atoms with van der Waals surface area (Å²) >= 11 is 0. The summed E-state index contributed by atoms with van der Waals surface area (Å²) in [7, 11) is 1.25. The van der Waals surface area contributed by atoms with Crippen molar-refractivity contribution in [2.75, 3.05) is 13.7 Å². The third kappa shape index (κ3) is 4.83. The van der Waals surface area contributed by atoms with Gasteiger partial charge in [-0.2, -0.15) is 0 Å². The minimum absolute atomic E-state index is 0.0243. The number of nitrogens with zero attached hydrogens (tertiary/aromatic N) is 1. The summed E-state index contributed by atoms with van der Waals surface area (Å²) in [6, 6.07) is 2.10. The van der Waals surface area contributed by atoms with Crippen LogP contribution in [0.3, 0.4) is 0 Å².